The van der Waals surface area contributed by atoms with Gasteiger partial charge in [0, 0.05) is 30.2 Å². The molecule has 0 fully saturated rings. The molecule has 3 rings (SSSR count). The lowest BCUT2D eigenvalue weighted by Gasteiger charge is -2.30. The van der Waals surface area contributed by atoms with E-state index in [0.717, 1.165) is 48.2 Å². The zero-order chi connectivity index (χ0) is 25.6. The van der Waals surface area contributed by atoms with Crippen LogP contribution < -0.4 is 14.8 Å². The topological polar surface area (TPSA) is 96.5 Å². The fourth-order valence-electron chi connectivity index (χ4n) is 3.10. The third kappa shape index (κ3) is 7.10. The van der Waals surface area contributed by atoms with Crippen molar-refractivity contribution in [2.75, 3.05) is 31.4 Å². The number of hydrogen-bond donors (Lipinski definition) is 2. The number of rotatable bonds is 11. The summed E-state index contributed by atoms with van der Waals surface area (Å²) in [5.41, 5.74) is -0.483. The number of alkyl halides is 3. The Kier molecular flexibility index (Phi) is 8.64. The molecule has 1 heterocycles. The molecule has 2 aromatic carbocycles. The summed E-state index contributed by atoms with van der Waals surface area (Å²) < 4.78 is 91.0. The van der Waals surface area contributed by atoms with Crippen molar-refractivity contribution in [2.45, 2.75) is 24.2 Å². The summed E-state index contributed by atoms with van der Waals surface area (Å²) in [4.78, 5) is 4.96. The normalized spacial score (nSPS) is 13.1. The predicted molar refractivity (Wildman–Crippen MR) is 123 cm³/mol. The van der Waals surface area contributed by atoms with Gasteiger partial charge in [0.2, 0.25) is 5.13 Å². The van der Waals surface area contributed by atoms with Crippen molar-refractivity contribution in [1.82, 2.24) is 19.6 Å². The molecule has 3 aromatic rings. The van der Waals surface area contributed by atoms with Crippen molar-refractivity contribution in [2.24, 2.45) is 0 Å². The molecule has 8 nitrogen and oxygen atoms in total. The maximum atomic E-state index is 14.0. The van der Waals surface area contributed by atoms with Crippen LogP contribution in [0.4, 0.5) is 22.7 Å². The number of benzene rings is 2. The zero-order valence-corrected chi connectivity index (χ0v) is 20.3. The second kappa shape index (κ2) is 11.3. The molecule has 14 heteroatoms. The molecule has 0 spiro atoms. The summed E-state index contributed by atoms with van der Waals surface area (Å²) in [7, 11) is -2.65. The molecule has 0 radical (unpaired) electrons. The molecule has 1 unspecified atom stereocenters. The molecular formula is C21H23F4N5O3S2. The van der Waals surface area contributed by atoms with Crippen LogP contribution in [0.1, 0.15) is 24.3 Å². The first-order chi connectivity index (χ1) is 16.5. The molecular weight excluding hydrogens is 510 g/mol. The minimum absolute atomic E-state index is 0.0257. The molecule has 0 saturated carbocycles. The lowest BCUT2D eigenvalue weighted by Crippen LogP contribution is -2.35. The highest BCUT2D eigenvalue weighted by Gasteiger charge is 2.31. The Labute approximate surface area is 204 Å². The Morgan fingerprint density at radius 2 is 1.89 bits per heavy atom. The largest absolute Gasteiger partial charge is 0.469 e. The third-order valence-corrected chi connectivity index (χ3v) is 6.90. The molecule has 1 atom stereocenters. The number of nitrogens with zero attached hydrogens (tertiary/aromatic N) is 3. The van der Waals surface area contributed by atoms with Gasteiger partial charge in [0.25, 0.3) is 10.0 Å². The number of halogens is 4. The van der Waals surface area contributed by atoms with Gasteiger partial charge >= 0.3 is 6.18 Å². The molecule has 0 amide bonds. The highest BCUT2D eigenvalue weighted by Crippen LogP contribution is 2.34. The van der Waals surface area contributed by atoms with E-state index in [1.54, 1.807) is 11.9 Å². The quantitative estimate of drug-likeness (QED) is 0.218. The van der Waals surface area contributed by atoms with E-state index in [1.165, 1.54) is 12.1 Å². The first-order valence-corrected chi connectivity index (χ1v) is 12.6. The van der Waals surface area contributed by atoms with Crippen LogP contribution in [0.2, 0.25) is 0 Å². The Balaban J connectivity index is 1.98. The van der Waals surface area contributed by atoms with Crippen LogP contribution in [-0.4, -0.2) is 49.4 Å². The molecule has 0 saturated heterocycles. The standard InChI is InChI=1S/C21H23F4N5O3S2/c1-3-26-10-11-30(2)19(14-4-6-15(7-5-14)21(23,24)25)33-17-9-8-16(22)12-18(17)35(31,32)29-20-27-13-28-34-20/h4-9,12-13,19,26H,3,10-11H2,1-2H3,(H,27,28,29). The minimum Gasteiger partial charge on any atom is -0.469 e. The summed E-state index contributed by atoms with van der Waals surface area (Å²) in [6.07, 6.45) is -4.33. The molecule has 35 heavy (non-hydrogen) atoms. The van der Waals surface area contributed by atoms with E-state index < -0.39 is 38.7 Å². The van der Waals surface area contributed by atoms with Gasteiger partial charge in [-0.1, -0.05) is 19.1 Å². The van der Waals surface area contributed by atoms with Crippen LogP contribution in [0.3, 0.4) is 0 Å². The number of sulfonamides is 1. The second-order valence-corrected chi connectivity index (χ2v) is 9.80. The van der Waals surface area contributed by atoms with Gasteiger partial charge < -0.3 is 10.1 Å². The molecule has 0 aliphatic carbocycles. The molecule has 2 N–H and O–H groups in total. The maximum Gasteiger partial charge on any atom is 0.416 e. The van der Waals surface area contributed by atoms with Crippen LogP contribution in [0.5, 0.6) is 5.75 Å². The lowest BCUT2D eigenvalue weighted by molar-refractivity contribution is -0.137. The van der Waals surface area contributed by atoms with Crippen LogP contribution in [0, 0.1) is 5.82 Å². The summed E-state index contributed by atoms with van der Waals surface area (Å²) in [6, 6.07) is 7.33. The van der Waals surface area contributed by atoms with Crippen molar-refractivity contribution >= 4 is 26.7 Å². The van der Waals surface area contributed by atoms with E-state index in [2.05, 4.69) is 19.4 Å². The summed E-state index contributed by atoms with van der Waals surface area (Å²) >= 11 is 0.792. The monoisotopic (exact) mass is 533 g/mol. The van der Waals surface area contributed by atoms with E-state index in [9.17, 15) is 26.0 Å². The SMILES string of the molecule is CCNCCN(C)C(Oc1ccc(F)cc1S(=O)(=O)Nc1ncns1)c1ccc(C(F)(F)F)cc1. The third-order valence-electron chi connectivity index (χ3n) is 4.83. The lowest BCUT2D eigenvalue weighted by atomic mass is 10.1. The first kappa shape index (κ1) is 26.8. The summed E-state index contributed by atoms with van der Waals surface area (Å²) in [5.74, 6) is -1.01. The zero-order valence-electron chi connectivity index (χ0n) is 18.7. The van der Waals surface area contributed by atoms with Crippen molar-refractivity contribution in [1.29, 1.82) is 0 Å². The number of ether oxygens (including phenoxy) is 1. The van der Waals surface area contributed by atoms with Crippen LogP contribution in [0.25, 0.3) is 0 Å². The van der Waals surface area contributed by atoms with Crippen molar-refractivity contribution in [3.8, 4) is 5.75 Å². The molecule has 1 aromatic heterocycles. The van der Waals surface area contributed by atoms with Crippen LogP contribution in [0.15, 0.2) is 53.7 Å². The average Bonchev–Trinajstić information content (AvgIpc) is 3.30. The van der Waals surface area contributed by atoms with Crippen molar-refractivity contribution in [3.05, 3.63) is 65.7 Å². The van der Waals surface area contributed by atoms with Crippen LogP contribution >= 0.6 is 11.5 Å². The van der Waals surface area contributed by atoms with Gasteiger partial charge in [-0.05, 0) is 43.9 Å². The Morgan fingerprint density at radius 3 is 2.49 bits per heavy atom. The number of aromatic nitrogens is 2. The van der Waals surface area contributed by atoms with Gasteiger partial charge in [-0.2, -0.15) is 17.5 Å². The van der Waals surface area contributed by atoms with E-state index in [1.807, 2.05) is 6.92 Å². The van der Waals surface area contributed by atoms with Gasteiger partial charge in [-0.15, -0.1) is 0 Å². The highest BCUT2D eigenvalue weighted by atomic mass is 32.2. The second-order valence-electron chi connectivity index (χ2n) is 7.37. The van der Waals surface area contributed by atoms with Crippen molar-refractivity contribution in [3.63, 3.8) is 0 Å². The van der Waals surface area contributed by atoms with Gasteiger partial charge in [-0.3, -0.25) is 9.62 Å². The number of anilines is 1. The van der Waals surface area contributed by atoms with E-state index in [4.69, 9.17) is 4.74 Å². The smallest absolute Gasteiger partial charge is 0.416 e. The molecule has 0 aliphatic heterocycles. The average molecular weight is 534 g/mol. The fourth-order valence-corrected chi connectivity index (χ4v) is 4.90. The van der Waals surface area contributed by atoms with Gasteiger partial charge in [-0.25, -0.2) is 17.8 Å². The van der Waals surface area contributed by atoms with Gasteiger partial charge in [0.05, 0.1) is 5.56 Å². The molecule has 190 valence electrons. The number of likely N-dealkylation sites (N-methyl/N-ethyl adjacent to an activating group) is 2. The van der Waals surface area contributed by atoms with E-state index >= 15 is 0 Å². The van der Waals surface area contributed by atoms with Crippen LogP contribution in [-0.2, 0) is 16.2 Å². The van der Waals surface area contributed by atoms with Crippen molar-refractivity contribution < 1.29 is 30.7 Å². The predicted octanol–water partition coefficient (Wildman–Crippen LogP) is 4.12. The minimum atomic E-state index is -4.51. The molecule has 0 aliphatic rings. The van der Waals surface area contributed by atoms with E-state index in [-0.39, 0.29) is 10.9 Å². The Bertz CT molecular complexity index is 1210. The van der Waals surface area contributed by atoms with E-state index in [0.29, 0.717) is 25.2 Å². The Morgan fingerprint density at radius 1 is 1.17 bits per heavy atom. The number of hydrogen-bond acceptors (Lipinski definition) is 8. The fraction of sp³-hybridized carbons (Fsp3) is 0.333. The highest BCUT2D eigenvalue weighted by molar-refractivity contribution is 7.93. The summed E-state index contributed by atoms with van der Waals surface area (Å²) in [6.45, 7) is 3.59. The maximum absolute atomic E-state index is 14.0. The van der Waals surface area contributed by atoms with Gasteiger partial charge in [0.1, 0.15) is 22.8 Å². The molecule has 0 bridgehead atoms. The first-order valence-electron chi connectivity index (χ1n) is 10.3. The number of nitrogens with one attached hydrogen (secondary N) is 2. The Hall–Kier alpha value is -2.81. The summed E-state index contributed by atoms with van der Waals surface area (Å²) in [5, 5.41) is 3.11. The van der Waals surface area contributed by atoms with Gasteiger partial charge in [0.15, 0.2) is 6.23 Å².